The summed E-state index contributed by atoms with van der Waals surface area (Å²) in [6.07, 6.45) is 0.899. The summed E-state index contributed by atoms with van der Waals surface area (Å²) < 4.78 is 0. The summed E-state index contributed by atoms with van der Waals surface area (Å²) in [7, 11) is 1.94. The van der Waals surface area contributed by atoms with Crippen LogP contribution in [-0.4, -0.2) is 48.5 Å². The van der Waals surface area contributed by atoms with Gasteiger partial charge in [0.25, 0.3) is 5.91 Å². The molecule has 1 fully saturated rings. The highest BCUT2D eigenvalue weighted by molar-refractivity contribution is 7.99. The summed E-state index contributed by atoms with van der Waals surface area (Å²) in [5.74, 6) is 1.24. The number of rotatable bonds is 4. The number of likely N-dealkylation sites (N-methyl/N-ethyl adjacent to an activating group) is 1. The molecule has 1 saturated heterocycles. The van der Waals surface area contributed by atoms with E-state index in [1.165, 1.54) is 0 Å². The van der Waals surface area contributed by atoms with Crippen LogP contribution in [0.3, 0.4) is 0 Å². The minimum absolute atomic E-state index is 0.193. The first-order valence-electron chi connectivity index (χ1n) is 6.85. The van der Waals surface area contributed by atoms with Gasteiger partial charge in [-0.2, -0.15) is 11.8 Å². The third-order valence-electron chi connectivity index (χ3n) is 3.42. The first kappa shape index (κ1) is 14.4. The average Bonchev–Trinajstić information content (AvgIpc) is 2.44. The molecule has 1 aliphatic heterocycles. The lowest BCUT2D eigenvalue weighted by Crippen LogP contribution is -2.41. The SMILES string of the molecule is CNCCc1ccccc1C(=O)N1CCSC(C)C1. The predicted octanol–water partition coefficient (Wildman–Crippen LogP) is 2.03. The van der Waals surface area contributed by atoms with Crippen LogP contribution in [0.15, 0.2) is 24.3 Å². The van der Waals surface area contributed by atoms with Crippen molar-refractivity contribution in [2.24, 2.45) is 0 Å². The van der Waals surface area contributed by atoms with Gasteiger partial charge < -0.3 is 10.2 Å². The monoisotopic (exact) mass is 278 g/mol. The Morgan fingerprint density at radius 1 is 1.47 bits per heavy atom. The highest BCUT2D eigenvalue weighted by Gasteiger charge is 2.23. The van der Waals surface area contributed by atoms with Crippen molar-refractivity contribution in [3.63, 3.8) is 0 Å². The number of hydrogen-bond acceptors (Lipinski definition) is 3. The number of hydrogen-bond donors (Lipinski definition) is 1. The van der Waals surface area contributed by atoms with Crippen LogP contribution in [0, 0.1) is 0 Å². The van der Waals surface area contributed by atoms with Gasteiger partial charge in [0.05, 0.1) is 0 Å². The van der Waals surface area contributed by atoms with Gasteiger partial charge in [0.1, 0.15) is 0 Å². The number of benzene rings is 1. The molecule has 1 aromatic carbocycles. The van der Waals surface area contributed by atoms with E-state index in [2.05, 4.69) is 18.3 Å². The van der Waals surface area contributed by atoms with Gasteiger partial charge in [0.2, 0.25) is 0 Å². The lowest BCUT2D eigenvalue weighted by molar-refractivity contribution is 0.0762. The molecular weight excluding hydrogens is 256 g/mol. The Morgan fingerprint density at radius 3 is 3.00 bits per heavy atom. The van der Waals surface area contributed by atoms with Crippen LogP contribution in [-0.2, 0) is 6.42 Å². The van der Waals surface area contributed by atoms with Crippen LogP contribution < -0.4 is 5.32 Å². The number of nitrogens with zero attached hydrogens (tertiary/aromatic N) is 1. The summed E-state index contributed by atoms with van der Waals surface area (Å²) in [4.78, 5) is 14.6. The average molecular weight is 278 g/mol. The van der Waals surface area contributed by atoms with Crippen molar-refractivity contribution in [3.05, 3.63) is 35.4 Å². The molecule has 0 radical (unpaired) electrons. The van der Waals surface area contributed by atoms with Crippen molar-refractivity contribution in [1.82, 2.24) is 10.2 Å². The molecule has 1 heterocycles. The molecule has 2 rings (SSSR count). The maximum atomic E-state index is 12.6. The van der Waals surface area contributed by atoms with Gasteiger partial charge in [-0.15, -0.1) is 0 Å². The predicted molar refractivity (Wildman–Crippen MR) is 81.9 cm³/mol. The number of carbonyl (C=O) groups is 1. The zero-order valence-electron chi connectivity index (χ0n) is 11.7. The van der Waals surface area contributed by atoms with E-state index >= 15 is 0 Å². The quantitative estimate of drug-likeness (QED) is 0.914. The molecule has 1 atom stereocenters. The molecule has 0 spiro atoms. The Kier molecular flexibility index (Phi) is 5.28. The Bertz CT molecular complexity index is 436. The normalized spacial score (nSPS) is 19.5. The van der Waals surface area contributed by atoms with E-state index in [1.54, 1.807) is 0 Å². The van der Waals surface area contributed by atoms with Crippen LogP contribution >= 0.6 is 11.8 Å². The molecule has 1 amide bonds. The third-order valence-corrected chi connectivity index (χ3v) is 4.56. The number of nitrogens with one attached hydrogen (secondary N) is 1. The molecule has 0 saturated carbocycles. The van der Waals surface area contributed by atoms with E-state index in [1.807, 2.05) is 41.9 Å². The summed E-state index contributed by atoms with van der Waals surface area (Å²) in [6, 6.07) is 7.99. The largest absolute Gasteiger partial charge is 0.337 e. The fourth-order valence-electron chi connectivity index (χ4n) is 2.38. The van der Waals surface area contributed by atoms with Gasteiger partial charge in [-0.1, -0.05) is 25.1 Å². The van der Waals surface area contributed by atoms with E-state index < -0.39 is 0 Å². The van der Waals surface area contributed by atoms with Crippen LogP contribution in [0.4, 0.5) is 0 Å². The zero-order valence-corrected chi connectivity index (χ0v) is 12.5. The Hall–Kier alpha value is -1.00. The van der Waals surface area contributed by atoms with Gasteiger partial charge in [-0.3, -0.25) is 4.79 Å². The molecule has 4 heteroatoms. The fraction of sp³-hybridized carbons (Fsp3) is 0.533. The van der Waals surface area contributed by atoms with E-state index in [0.29, 0.717) is 5.25 Å². The molecule has 1 unspecified atom stereocenters. The molecule has 1 aromatic rings. The molecule has 1 aliphatic rings. The maximum Gasteiger partial charge on any atom is 0.254 e. The Balaban J connectivity index is 2.13. The number of thioether (sulfide) groups is 1. The highest BCUT2D eigenvalue weighted by atomic mass is 32.2. The van der Waals surface area contributed by atoms with Crippen LogP contribution in [0.5, 0.6) is 0 Å². The second-order valence-corrected chi connectivity index (χ2v) is 6.49. The maximum absolute atomic E-state index is 12.6. The minimum Gasteiger partial charge on any atom is -0.337 e. The van der Waals surface area contributed by atoms with E-state index in [9.17, 15) is 4.79 Å². The zero-order chi connectivity index (χ0) is 13.7. The Morgan fingerprint density at radius 2 is 2.26 bits per heavy atom. The summed E-state index contributed by atoms with van der Waals surface area (Å²) >= 11 is 1.95. The lowest BCUT2D eigenvalue weighted by Gasteiger charge is -2.31. The smallest absolute Gasteiger partial charge is 0.254 e. The third kappa shape index (κ3) is 3.74. The standard InChI is InChI=1S/C15H22N2OS/c1-12-11-17(9-10-19-12)15(18)14-6-4-3-5-13(14)7-8-16-2/h3-6,12,16H,7-11H2,1-2H3. The van der Waals surface area contributed by atoms with Gasteiger partial charge in [-0.25, -0.2) is 0 Å². The molecule has 0 aliphatic carbocycles. The summed E-state index contributed by atoms with van der Waals surface area (Å²) in [5, 5.41) is 3.68. The molecule has 0 aromatic heterocycles. The fourth-order valence-corrected chi connectivity index (χ4v) is 3.39. The van der Waals surface area contributed by atoms with E-state index in [0.717, 1.165) is 42.9 Å². The first-order valence-corrected chi connectivity index (χ1v) is 7.90. The van der Waals surface area contributed by atoms with Crippen molar-refractivity contribution in [2.75, 3.05) is 32.4 Å². The van der Waals surface area contributed by atoms with E-state index in [-0.39, 0.29) is 5.91 Å². The molecule has 3 nitrogen and oxygen atoms in total. The number of amides is 1. The van der Waals surface area contributed by atoms with Crippen molar-refractivity contribution in [3.8, 4) is 0 Å². The minimum atomic E-state index is 0.193. The van der Waals surface area contributed by atoms with Crippen molar-refractivity contribution in [1.29, 1.82) is 0 Å². The number of carbonyl (C=O) groups excluding carboxylic acids is 1. The second-order valence-electron chi connectivity index (χ2n) is 4.94. The van der Waals surface area contributed by atoms with Crippen molar-refractivity contribution in [2.45, 2.75) is 18.6 Å². The van der Waals surface area contributed by atoms with E-state index in [4.69, 9.17) is 0 Å². The first-order chi connectivity index (χ1) is 9.22. The van der Waals surface area contributed by atoms with Crippen molar-refractivity contribution >= 4 is 17.7 Å². The summed E-state index contributed by atoms with van der Waals surface area (Å²) in [5.41, 5.74) is 2.02. The topological polar surface area (TPSA) is 32.3 Å². The molecule has 19 heavy (non-hydrogen) atoms. The van der Waals surface area contributed by atoms with Crippen LogP contribution in [0.1, 0.15) is 22.8 Å². The highest BCUT2D eigenvalue weighted by Crippen LogP contribution is 2.21. The van der Waals surface area contributed by atoms with Crippen LogP contribution in [0.25, 0.3) is 0 Å². The lowest BCUT2D eigenvalue weighted by atomic mass is 10.0. The molecule has 104 valence electrons. The molecular formula is C15H22N2OS. The van der Waals surface area contributed by atoms with Gasteiger partial charge in [-0.05, 0) is 31.6 Å². The Labute approximate surface area is 119 Å². The van der Waals surface area contributed by atoms with Crippen LogP contribution in [0.2, 0.25) is 0 Å². The van der Waals surface area contributed by atoms with Gasteiger partial charge in [0, 0.05) is 29.7 Å². The second kappa shape index (κ2) is 6.96. The molecule has 0 bridgehead atoms. The summed E-state index contributed by atoms with van der Waals surface area (Å²) in [6.45, 7) is 4.83. The molecule has 1 N–H and O–H groups in total. The van der Waals surface area contributed by atoms with Gasteiger partial charge in [0.15, 0.2) is 0 Å². The van der Waals surface area contributed by atoms with Crippen molar-refractivity contribution < 1.29 is 4.79 Å². The van der Waals surface area contributed by atoms with Gasteiger partial charge >= 0.3 is 0 Å².